The molecular weight excluding hydrogens is 384 g/mol. The van der Waals surface area contributed by atoms with E-state index in [1.54, 1.807) is 0 Å². The van der Waals surface area contributed by atoms with Gasteiger partial charge in [0.1, 0.15) is 0 Å². The summed E-state index contributed by atoms with van der Waals surface area (Å²) in [7, 11) is 0. The van der Waals surface area contributed by atoms with Crippen LogP contribution in [0.15, 0.2) is 45.5 Å². The van der Waals surface area contributed by atoms with Gasteiger partial charge in [-0.15, -0.1) is 0 Å². The molecule has 2 aromatic rings. The van der Waals surface area contributed by atoms with Crippen LogP contribution >= 0.6 is 31.9 Å². The van der Waals surface area contributed by atoms with Crippen LogP contribution in [0, 0.1) is 0 Å². The molecule has 104 valence electrons. The molecule has 1 amide bonds. The highest BCUT2D eigenvalue weighted by Crippen LogP contribution is 2.33. The molecule has 1 aromatic heterocycles. The molecule has 1 fully saturated rings. The lowest BCUT2D eigenvalue weighted by Gasteiger charge is -2.24. The molecule has 0 radical (unpaired) electrons. The van der Waals surface area contributed by atoms with Crippen LogP contribution in [0.25, 0.3) is 0 Å². The van der Waals surface area contributed by atoms with E-state index in [0.717, 1.165) is 34.0 Å². The Kier molecular flexibility index (Phi) is 3.98. The van der Waals surface area contributed by atoms with Gasteiger partial charge in [-0.3, -0.25) is 4.79 Å². The van der Waals surface area contributed by atoms with Gasteiger partial charge in [-0.2, -0.15) is 0 Å². The van der Waals surface area contributed by atoms with Crippen LogP contribution in [0.2, 0.25) is 0 Å². The van der Waals surface area contributed by atoms with Crippen molar-refractivity contribution in [3.05, 3.63) is 56.7 Å². The van der Waals surface area contributed by atoms with Gasteiger partial charge in [0.05, 0.1) is 11.6 Å². The summed E-state index contributed by atoms with van der Waals surface area (Å²) in [6.45, 7) is 0.811. The summed E-state index contributed by atoms with van der Waals surface area (Å²) in [4.78, 5) is 17.9. The average Bonchev–Trinajstić information content (AvgIpc) is 3.09. The summed E-state index contributed by atoms with van der Waals surface area (Å²) in [6.07, 6.45) is 3.97. The van der Waals surface area contributed by atoms with Gasteiger partial charge in [0.15, 0.2) is 0 Å². The monoisotopic (exact) mass is 396 g/mol. The van der Waals surface area contributed by atoms with Crippen molar-refractivity contribution in [2.45, 2.75) is 18.9 Å². The van der Waals surface area contributed by atoms with Crippen molar-refractivity contribution in [1.82, 2.24) is 9.88 Å². The van der Waals surface area contributed by atoms with Gasteiger partial charge in [-0.05, 0) is 59.1 Å². The zero-order valence-electron chi connectivity index (χ0n) is 10.8. The second-order valence-corrected chi connectivity index (χ2v) is 6.68. The lowest BCUT2D eigenvalue weighted by molar-refractivity contribution is 0.0732. The van der Waals surface area contributed by atoms with Crippen LogP contribution in [0.4, 0.5) is 0 Å². The van der Waals surface area contributed by atoms with Crippen molar-refractivity contribution in [3.8, 4) is 0 Å². The quantitative estimate of drug-likeness (QED) is 0.794. The fraction of sp³-hybridized carbons (Fsp3) is 0.267. The fourth-order valence-corrected chi connectivity index (χ4v) is 3.92. The minimum Gasteiger partial charge on any atom is -0.363 e. The predicted molar refractivity (Wildman–Crippen MR) is 85.6 cm³/mol. The van der Waals surface area contributed by atoms with Crippen molar-refractivity contribution in [2.24, 2.45) is 0 Å². The van der Waals surface area contributed by atoms with Gasteiger partial charge in [0.25, 0.3) is 5.91 Å². The predicted octanol–water partition coefficient (Wildman–Crippen LogP) is 4.52. The maximum Gasteiger partial charge on any atom is 0.255 e. The number of likely N-dealkylation sites (tertiary alicyclic amines) is 1. The number of aromatic amines is 1. The zero-order chi connectivity index (χ0) is 14.1. The Labute approximate surface area is 134 Å². The van der Waals surface area contributed by atoms with Gasteiger partial charge in [0, 0.05) is 27.4 Å². The molecule has 3 nitrogen and oxygen atoms in total. The molecule has 1 aromatic carbocycles. The maximum atomic E-state index is 12.8. The highest BCUT2D eigenvalue weighted by atomic mass is 79.9. The first-order chi connectivity index (χ1) is 9.66. The first-order valence-corrected chi connectivity index (χ1v) is 8.15. The Bertz CT molecular complexity index is 625. The number of halogens is 2. The Morgan fingerprint density at radius 1 is 1.30 bits per heavy atom. The molecule has 2 heterocycles. The first-order valence-electron chi connectivity index (χ1n) is 6.56. The van der Waals surface area contributed by atoms with E-state index < -0.39 is 0 Å². The van der Waals surface area contributed by atoms with Crippen LogP contribution < -0.4 is 0 Å². The van der Waals surface area contributed by atoms with Crippen LogP contribution in [0.5, 0.6) is 0 Å². The molecule has 1 atom stereocenters. The average molecular weight is 398 g/mol. The molecule has 1 saturated heterocycles. The van der Waals surface area contributed by atoms with E-state index in [1.807, 2.05) is 41.4 Å². The van der Waals surface area contributed by atoms with Gasteiger partial charge in [-0.25, -0.2) is 0 Å². The summed E-state index contributed by atoms with van der Waals surface area (Å²) in [6, 6.07) is 9.86. The molecule has 0 bridgehead atoms. The molecule has 0 spiro atoms. The largest absolute Gasteiger partial charge is 0.363 e. The van der Waals surface area contributed by atoms with Gasteiger partial charge >= 0.3 is 0 Å². The standard InChI is InChI=1S/C15H14Br2N2O/c16-10-5-6-11(12(17)9-10)15(20)19-8-2-4-14(19)13-3-1-7-18-13/h1,3,5-7,9,14,18H,2,4,8H2. The number of amides is 1. The van der Waals surface area contributed by atoms with Crippen LogP contribution in [-0.2, 0) is 0 Å². The second-order valence-electron chi connectivity index (χ2n) is 4.91. The molecule has 0 saturated carbocycles. The molecule has 5 heteroatoms. The van der Waals surface area contributed by atoms with Crippen molar-refractivity contribution >= 4 is 37.8 Å². The molecule has 1 aliphatic rings. The van der Waals surface area contributed by atoms with E-state index in [2.05, 4.69) is 36.8 Å². The third-order valence-corrected chi connectivity index (χ3v) is 4.81. The third kappa shape index (κ3) is 2.56. The lowest BCUT2D eigenvalue weighted by Crippen LogP contribution is -2.31. The minimum absolute atomic E-state index is 0.0847. The van der Waals surface area contributed by atoms with Crippen molar-refractivity contribution < 1.29 is 4.79 Å². The number of nitrogens with one attached hydrogen (secondary N) is 1. The summed E-state index contributed by atoms with van der Waals surface area (Å²) in [5, 5.41) is 0. The van der Waals surface area contributed by atoms with E-state index in [0.29, 0.717) is 5.56 Å². The van der Waals surface area contributed by atoms with Gasteiger partial charge < -0.3 is 9.88 Å². The molecule has 3 rings (SSSR count). The Balaban J connectivity index is 1.89. The number of hydrogen-bond donors (Lipinski definition) is 1. The number of aromatic nitrogens is 1. The number of carbonyl (C=O) groups is 1. The number of hydrogen-bond acceptors (Lipinski definition) is 1. The highest BCUT2D eigenvalue weighted by Gasteiger charge is 2.31. The molecule has 20 heavy (non-hydrogen) atoms. The molecule has 1 unspecified atom stereocenters. The smallest absolute Gasteiger partial charge is 0.255 e. The van der Waals surface area contributed by atoms with Gasteiger partial charge in [-0.1, -0.05) is 15.9 Å². The number of benzene rings is 1. The summed E-state index contributed by atoms with van der Waals surface area (Å²) >= 11 is 6.89. The summed E-state index contributed by atoms with van der Waals surface area (Å²) in [5.74, 6) is 0.0847. The van der Waals surface area contributed by atoms with Crippen molar-refractivity contribution in [3.63, 3.8) is 0 Å². The zero-order valence-corrected chi connectivity index (χ0v) is 13.9. The minimum atomic E-state index is 0.0847. The van der Waals surface area contributed by atoms with E-state index in [9.17, 15) is 4.79 Å². The van der Waals surface area contributed by atoms with E-state index in [4.69, 9.17) is 0 Å². The number of nitrogens with zero attached hydrogens (tertiary/aromatic N) is 1. The van der Waals surface area contributed by atoms with Crippen molar-refractivity contribution in [1.29, 1.82) is 0 Å². The fourth-order valence-electron chi connectivity index (χ4n) is 2.70. The third-order valence-electron chi connectivity index (χ3n) is 3.66. The normalized spacial score (nSPS) is 18.5. The summed E-state index contributed by atoms with van der Waals surface area (Å²) < 4.78 is 1.79. The molecule has 0 aliphatic carbocycles. The van der Waals surface area contributed by atoms with Crippen LogP contribution in [0.3, 0.4) is 0 Å². The molecule has 1 aliphatic heterocycles. The van der Waals surface area contributed by atoms with Crippen LogP contribution in [-0.4, -0.2) is 22.3 Å². The maximum absolute atomic E-state index is 12.8. The molecule has 1 N–H and O–H groups in total. The second kappa shape index (κ2) is 5.74. The Morgan fingerprint density at radius 3 is 2.85 bits per heavy atom. The Hall–Kier alpha value is -1.07. The van der Waals surface area contributed by atoms with Gasteiger partial charge in [0.2, 0.25) is 0 Å². The number of carbonyl (C=O) groups excluding carboxylic acids is 1. The molecular formula is C15H14Br2N2O. The van der Waals surface area contributed by atoms with Crippen LogP contribution in [0.1, 0.15) is 34.9 Å². The number of H-pyrrole nitrogens is 1. The van der Waals surface area contributed by atoms with Crippen molar-refractivity contribution in [2.75, 3.05) is 6.54 Å². The highest BCUT2D eigenvalue weighted by molar-refractivity contribution is 9.11. The lowest BCUT2D eigenvalue weighted by atomic mass is 10.1. The van der Waals surface area contributed by atoms with E-state index in [-0.39, 0.29) is 11.9 Å². The first kappa shape index (κ1) is 13.9. The SMILES string of the molecule is O=C(c1ccc(Br)cc1Br)N1CCCC1c1ccc[nH]1. The van der Waals surface area contributed by atoms with E-state index in [1.165, 1.54) is 0 Å². The topological polar surface area (TPSA) is 36.1 Å². The number of rotatable bonds is 2. The summed E-state index contributed by atoms with van der Waals surface area (Å²) in [5.41, 5.74) is 1.83. The Morgan fingerprint density at radius 2 is 2.15 bits per heavy atom. The van der Waals surface area contributed by atoms with E-state index >= 15 is 0 Å².